The third-order valence-electron chi connectivity index (χ3n) is 3.58. The van der Waals surface area contributed by atoms with Crippen LogP contribution in [-0.4, -0.2) is 40.3 Å². The van der Waals surface area contributed by atoms with Crippen molar-refractivity contribution < 1.29 is 4.74 Å². The van der Waals surface area contributed by atoms with Crippen molar-refractivity contribution in [2.24, 2.45) is 13.0 Å². The van der Waals surface area contributed by atoms with Gasteiger partial charge >= 0.3 is 0 Å². The van der Waals surface area contributed by atoms with Crippen molar-refractivity contribution in [3.05, 3.63) is 11.9 Å². The van der Waals surface area contributed by atoms with Gasteiger partial charge in [0, 0.05) is 32.3 Å². The zero-order valence-electron chi connectivity index (χ0n) is 12.3. The van der Waals surface area contributed by atoms with E-state index in [4.69, 9.17) is 4.74 Å². The standard InChI is InChI=1S/C14H26N4O/c1-4-8-15-13(9-12-10-18(3)17-16-12)14(19-5-2)11-6-7-11/h10-11,13-15H,4-9H2,1-3H3. The summed E-state index contributed by atoms with van der Waals surface area (Å²) in [5.41, 5.74) is 1.04. The smallest absolute Gasteiger partial charge is 0.0843 e. The highest BCUT2D eigenvalue weighted by molar-refractivity contribution is 5.00. The largest absolute Gasteiger partial charge is 0.377 e. The lowest BCUT2D eigenvalue weighted by Gasteiger charge is -2.27. The molecule has 0 saturated heterocycles. The predicted molar refractivity (Wildman–Crippen MR) is 74.9 cm³/mol. The summed E-state index contributed by atoms with van der Waals surface area (Å²) in [4.78, 5) is 0. The molecule has 1 saturated carbocycles. The summed E-state index contributed by atoms with van der Waals surface area (Å²) in [5.74, 6) is 0.728. The first-order valence-electron chi connectivity index (χ1n) is 7.44. The highest BCUT2D eigenvalue weighted by Crippen LogP contribution is 2.36. The molecule has 0 bridgehead atoms. The van der Waals surface area contributed by atoms with Gasteiger partial charge in [-0.3, -0.25) is 4.68 Å². The Kier molecular flexibility index (Phi) is 5.34. The van der Waals surface area contributed by atoms with Crippen LogP contribution >= 0.6 is 0 Å². The number of ether oxygens (including phenoxy) is 1. The van der Waals surface area contributed by atoms with Gasteiger partial charge in [-0.15, -0.1) is 5.10 Å². The molecule has 1 aliphatic carbocycles. The lowest BCUT2D eigenvalue weighted by atomic mass is 10.0. The van der Waals surface area contributed by atoms with Gasteiger partial charge in [-0.05, 0) is 38.6 Å². The Balaban J connectivity index is 2.00. The topological polar surface area (TPSA) is 52.0 Å². The first-order chi connectivity index (χ1) is 9.24. The van der Waals surface area contributed by atoms with Crippen LogP contribution in [0.15, 0.2) is 6.20 Å². The molecule has 1 fully saturated rings. The van der Waals surface area contributed by atoms with Gasteiger partial charge in [-0.2, -0.15) is 0 Å². The fourth-order valence-electron chi connectivity index (χ4n) is 2.55. The highest BCUT2D eigenvalue weighted by Gasteiger charge is 2.37. The van der Waals surface area contributed by atoms with Gasteiger partial charge in [0.1, 0.15) is 0 Å². The van der Waals surface area contributed by atoms with Crippen molar-refractivity contribution >= 4 is 0 Å². The van der Waals surface area contributed by atoms with Crippen LogP contribution in [0, 0.1) is 5.92 Å². The average molecular weight is 266 g/mol. The molecule has 1 aromatic rings. The zero-order valence-corrected chi connectivity index (χ0v) is 12.3. The Morgan fingerprint density at radius 1 is 1.47 bits per heavy atom. The predicted octanol–water partition coefficient (Wildman–Crippen LogP) is 1.54. The number of aromatic nitrogens is 3. The number of nitrogens with one attached hydrogen (secondary N) is 1. The van der Waals surface area contributed by atoms with Gasteiger partial charge in [-0.1, -0.05) is 12.1 Å². The van der Waals surface area contributed by atoms with E-state index in [9.17, 15) is 0 Å². The van der Waals surface area contributed by atoms with E-state index in [1.807, 2.05) is 13.2 Å². The van der Waals surface area contributed by atoms with E-state index >= 15 is 0 Å². The van der Waals surface area contributed by atoms with E-state index in [-0.39, 0.29) is 0 Å². The minimum absolute atomic E-state index is 0.318. The summed E-state index contributed by atoms with van der Waals surface area (Å²) < 4.78 is 7.75. The van der Waals surface area contributed by atoms with Crippen LogP contribution in [0.4, 0.5) is 0 Å². The van der Waals surface area contributed by atoms with E-state index in [0.717, 1.165) is 37.6 Å². The molecule has 2 rings (SSSR count). The molecular formula is C14H26N4O. The van der Waals surface area contributed by atoms with Crippen LogP contribution in [0.25, 0.3) is 0 Å². The maximum atomic E-state index is 5.99. The molecule has 5 heteroatoms. The second-order valence-electron chi connectivity index (χ2n) is 5.41. The minimum Gasteiger partial charge on any atom is -0.377 e. The van der Waals surface area contributed by atoms with Crippen molar-refractivity contribution in [2.75, 3.05) is 13.2 Å². The molecule has 19 heavy (non-hydrogen) atoms. The van der Waals surface area contributed by atoms with Gasteiger partial charge < -0.3 is 10.1 Å². The van der Waals surface area contributed by atoms with Gasteiger partial charge in [0.15, 0.2) is 0 Å². The molecule has 0 radical (unpaired) electrons. The molecule has 0 amide bonds. The fraction of sp³-hybridized carbons (Fsp3) is 0.857. The van der Waals surface area contributed by atoms with Crippen molar-refractivity contribution in [2.45, 2.75) is 51.7 Å². The lowest BCUT2D eigenvalue weighted by molar-refractivity contribution is 0.0190. The summed E-state index contributed by atoms with van der Waals surface area (Å²) in [6.07, 6.45) is 6.95. The summed E-state index contributed by atoms with van der Waals surface area (Å²) in [5, 5.41) is 11.8. The highest BCUT2D eigenvalue weighted by atomic mass is 16.5. The molecule has 1 aromatic heterocycles. The maximum absolute atomic E-state index is 5.99. The number of rotatable bonds is 9. The molecule has 108 valence electrons. The van der Waals surface area contributed by atoms with Gasteiger partial charge in [0.25, 0.3) is 0 Å². The Labute approximate surface area is 115 Å². The number of aryl methyl sites for hydroxylation is 1. The van der Waals surface area contributed by atoms with E-state index in [0.29, 0.717) is 12.1 Å². The van der Waals surface area contributed by atoms with Gasteiger partial charge in [-0.25, -0.2) is 0 Å². The van der Waals surface area contributed by atoms with E-state index in [1.165, 1.54) is 12.8 Å². The fourth-order valence-corrected chi connectivity index (χ4v) is 2.55. The normalized spacial score (nSPS) is 18.5. The molecule has 0 aromatic carbocycles. The SMILES string of the molecule is CCCNC(Cc1cn(C)nn1)C(OCC)C1CC1. The molecule has 1 aliphatic rings. The maximum Gasteiger partial charge on any atom is 0.0843 e. The average Bonchev–Trinajstić information content (AvgIpc) is 3.15. The third-order valence-corrected chi connectivity index (χ3v) is 3.58. The van der Waals surface area contributed by atoms with E-state index in [1.54, 1.807) is 4.68 Å². The molecule has 0 spiro atoms. The Morgan fingerprint density at radius 3 is 2.79 bits per heavy atom. The summed E-state index contributed by atoms with van der Waals surface area (Å²) in [7, 11) is 1.91. The van der Waals surface area contributed by atoms with Crippen LogP contribution in [-0.2, 0) is 18.2 Å². The van der Waals surface area contributed by atoms with Crippen LogP contribution in [0.2, 0.25) is 0 Å². The van der Waals surface area contributed by atoms with E-state index < -0.39 is 0 Å². The first kappa shape index (κ1) is 14.5. The monoisotopic (exact) mass is 266 g/mol. The number of hydrogen-bond donors (Lipinski definition) is 1. The van der Waals surface area contributed by atoms with Crippen molar-refractivity contribution in [3.63, 3.8) is 0 Å². The molecular weight excluding hydrogens is 240 g/mol. The third kappa shape index (κ3) is 4.28. The molecule has 2 unspecified atom stereocenters. The van der Waals surface area contributed by atoms with Crippen LogP contribution in [0.5, 0.6) is 0 Å². The Morgan fingerprint density at radius 2 is 2.26 bits per heavy atom. The molecule has 1 N–H and O–H groups in total. The molecule has 2 atom stereocenters. The van der Waals surface area contributed by atoms with Crippen LogP contribution in [0.1, 0.15) is 38.8 Å². The summed E-state index contributed by atoms with van der Waals surface area (Å²) in [6, 6.07) is 0.351. The quantitative estimate of drug-likeness (QED) is 0.736. The van der Waals surface area contributed by atoms with Crippen LogP contribution < -0.4 is 5.32 Å². The van der Waals surface area contributed by atoms with E-state index in [2.05, 4.69) is 29.5 Å². The second-order valence-corrected chi connectivity index (χ2v) is 5.41. The Bertz CT molecular complexity index is 375. The van der Waals surface area contributed by atoms with Crippen molar-refractivity contribution in [1.82, 2.24) is 20.3 Å². The van der Waals surface area contributed by atoms with Crippen molar-refractivity contribution in [3.8, 4) is 0 Å². The zero-order chi connectivity index (χ0) is 13.7. The molecule has 5 nitrogen and oxygen atoms in total. The number of hydrogen-bond acceptors (Lipinski definition) is 4. The second kappa shape index (κ2) is 7.01. The lowest BCUT2D eigenvalue weighted by Crippen LogP contribution is -2.44. The Hall–Kier alpha value is -0.940. The molecule has 0 aliphatic heterocycles. The molecule has 1 heterocycles. The first-order valence-corrected chi connectivity index (χ1v) is 7.44. The number of nitrogens with zero attached hydrogens (tertiary/aromatic N) is 3. The summed E-state index contributed by atoms with van der Waals surface area (Å²) >= 11 is 0. The van der Waals surface area contributed by atoms with Crippen LogP contribution in [0.3, 0.4) is 0 Å². The summed E-state index contributed by atoms with van der Waals surface area (Å²) in [6.45, 7) is 6.08. The minimum atomic E-state index is 0.318. The van der Waals surface area contributed by atoms with Gasteiger partial charge in [0.05, 0.1) is 11.8 Å². The van der Waals surface area contributed by atoms with Crippen molar-refractivity contribution in [1.29, 1.82) is 0 Å². The van der Waals surface area contributed by atoms with Gasteiger partial charge in [0.2, 0.25) is 0 Å².